The van der Waals surface area contributed by atoms with Crippen LogP contribution >= 0.6 is 15.9 Å². The van der Waals surface area contributed by atoms with E-state index in [1.165, 1.54) is 36.7 Å². The molecule has 2 amide bonds. The lowest BCUT2D eigenvalue weighted by molar-refractivity contribution is -0.385. The third-order valence-electron chi connectivity index (χ3n) is 2.70. The van der Waals surface area contributed by atoms with Gasteiger partial charge in [-0.25, -0.2) is 0 Å². The summed E-state index contributed by atoms with van der Waals surface area (Å²) in [6, 6.07) is 7.18. The number of pyridine rings is 1. The molecule has 9 nitrogen and oxygen atoms in total. The van der Waals surface area contributed by atoms with Gasteiger partial charge in [-0.1, -0.05) is 12.1 Å². The molecule has 0 fully saturated rings. The van der Waals surface area contributed by atoms with Crippen LogP contribution in [0.25, 0.3) is 0 Å². The molecule has 0 unspecified atom stereocenters. The standard InChI is InChI=1S/C14H11BrN4O5/c15-10-5-9(6-16-7-10)14(21)18-17-13(20)8-24-12-4-2-1-3-11(12)19(22)23/h1-7H,8H2,(H,17,20)(H,18,21). The number of amides is 2. The quantitative estimate of drug-likeness (QED) is 0.586. The molecule has 24 heavy (non-hydrogen) atoms. The van der Waals surface area contributed by atoms with E-state index >= 15 is 0 Å². The number of halogens is 1. The Balaban J connectivity index is 1.86. The zero-order valence-corrected chi connectivity index (χ0v) is 13.6. The van der Waals surface area contributed by atoms with Crippen LogP contribution < -0.4 is 15.6 Å². The largest absolute Gasteiger partial charge is 0.477 e. The van der Waals surface area contributed by atoms with Crippen molar-refractivity contribution in [2.24, 2.45) is 0 Å². The first-order valence-electron chi connectivity index (χ1n) is 6.53. The fourth-order valence-electron chi connectivity index (χ4n) is 1.64. The van der Waals surface area contributed by atoms with Crippen molar-refractivity contribution in [2.75, 3.05) is 6.61 Å². The van der Waals surface area contributed by atoms with Crippen molar-refractivity contribution in [1.29, 1.82) is 0 Å². The van der Waals surface area contributed by atoms with Crippen molar-refractivity contribution < 1.29 is 19.2 Å². The highest BCUT2D eigenvalue weighted by Crippen LogP contribution is 2.25. The Morgan fingerprint density at radius 2 is 2.00 bits per heavy atom. The van der Waals surface area contributed by atoms with Crippen molar-refractivity contribution >= 4 is 33.4 Å². The van der Waals surface area contributed by atoms with Gasteiger partial charge < -0.3 is 4.74 Å². The molecule has 1 aromatic carbocycles. The fourth-order valence-corrected chi connectivity index (χ4v) is 2.01. The van der Waals surface area contributed by atoms with E-state index < -0.39 is 23.3 Å². The monoisotopic (exact) mass is 394 g/mol. The number of nitro groups is 1. The summed E-state index contributed by atoms with van der Waals surface area (Å²) >= 11 is 3.17. The first-order valence-corrected chi connectivity index (χ1v) is 7.32. The highest BCUT2D eigenvalue weighted by molar-refractivity contribution is 9.10. The van der Waals surface area contributed by atoms with Gasteiger partial charge in [0.05, 0.1) is 10.5 Å². The molecule has 0 radical (unpaired) electrons. The van der Waals surface area contributed by atoms with Gasteiger partial charge in [0.1, 0.15) is 0 Å². The summed E-state index contributed by atoms with van der Waals surface area (Å²) in [5, 5.41) is 10.8. The van der Waals surface area contributed by atoms with E-state index in [-0.39, 0.29) is 17.0 Å². The second kappa shape index (κ2) is 8.02. The molecule has 2 N–H and O–H groups in total. The van der Waals surface area contributed by atoms with E-state index in [9.17, 15) is 19.7 Å². The Morgan fingerprint density at radius 1 is 1.25 bits per heavy atom. The summed E-state index contributed by atoms with van der Waals surface area (Å²) in [7, 11) is 0. The molecule has 0 aliphatic rings. The molecule has 124 valence electrons. The SMILES string of the molecule is O=C(COc1ccccc1[N+](=O)[O-])NNC(=O)c1cncc(Br)c1. The third-order valence-corrected chi connectivity index (χ3v) is 3.14. The average molecular weight is 395 g/mol. The van der Waals surface area contributed by atoms with Gasteiger partial charge in [-0.2, -0.15) is 0 Å². The molecule has 0 saturated heterocycles. The van der Waals surface area contributed by atoms with Gasteiger partial charge in [0.25, 0.3) is 11.8 Å². The van der Waals surface area contributed by atoms with Crippen molar-refractivity contribution in [2.45, 2.75) is 0 Å². The Labute approximate surface area is 144 Å². The van der Waals surface area contributed by atoms with Crippen LogP contribution in [-0.2, 0) is 4.79 Å². The Bertz CT molecular complexity index is 783. The van der Waals surface area contributed by atoms with Gasteiger partial charge in [-0.05, 0) is 28.1 Å². The number of hydrogen-bond donors (Lipinski definition) is 2. The molecule has 0 atom stereocenters. The minimum absolute atomic E-state index is 0.0415. The number of nitrogens with zero attached hydrogens (tertiary/aromatic N) is 2. The topological polar surface area (TPSA) is 123 Å². The molecular formula is C14H11BrN4O5. The first kappa shape index (κ1) is 17.3. The van der Waals surface area contributed by atoms with Crippen molar-refractivity contribution in [1.82, 2.24) is 15.8 Å². The number of nitrogens with one attached hydrogen (secondary N) is 2. The van der Waals surface area contributed by atoms with E-state index in [0.29, 0.717) is 4.47 Å². The number of ether oxygens (including phenoxy) is 1. The van der Waals surface area contributed by atoms with E-state index in [0.717, 1.165) is 0 Å². The smallest absolute Gasteiger partial charge is 0.310 e. The predicted molar refractivity (Wildman–Crippen MR) is 86.1 cm³/mol. The number of carbonyl (C=O) groups excluding carboxylic acids is 2. The van der Waals surface area contributed by atoms with Crippen LogP contribution in [0.5, 0.6) is 5.75 Å². The number of rotatable bonds is 5. The number of nitro benzene ring substituents is 1. The number of benzene rings is 1. The summed E-state index contributed by atoms with van der Waals surface area (Å²) in [6.45, 7) is -0.498. The second-order valence-electron chi connectivity index (χ2n) is 4.41. The zero-order chi connectivity index (χ0) is 17.5. The molecule has 0 saturated carbocycles. The van der Waals surface area contributed by atoms with E-state index in [1.54, 1.807) is 6.07 Å². The van der Waals surface area contributed by atoms with Crippen LogP contribution in [-0.4, -0.2) is 28.3 Å². The van der Waals surface area contributed by atoms with Crippen LogP contribution in [0.1, 0.15) is 10.4 Å². The van der Waals surface area contributed by atoms with Gasteiger partial charge in [0.15, 0.2) is 12.4 Å². The van der Waals surface area contributed by atoms with Crippen LogP contribution in [0, 0.1) is 10.1 Å². The van der Waals surface area contributed by atoms with Crippen LogP contribution in [0.4, 0.5) is 5.69 Å². The van der Waals surface area contributed by atoms with E-state index in [2.05, 4.69) is 31.8 Å². The first-order chi connectivity index (χ1) is 11.5. The van der Waals surface area contributed by atoms with Crippen molar-refractivity contribution in [3.63, 3.8) is 0 Å². The number of hydrazine groups is 1. The minimum Gasteiger partial charge on any atom is -0.477 e. The predicted octanol–water partition coefficient (Wildman–Crippen LogP) is 1.59. The lowest BCUT2D eigenvalue weighted by atomic mass is 10.3. The summed E-state index contributed by atoms with van der Waals surface area (Å²) < 4.78 is 5.70. The molecule has 0 aliphatic heterocycles. The Kier molecular flexibility index (Phi) is 5.79. The molecular weight excluding hydrogens is 384 g/mol. The zero-order valence-electron chi connectivity index (χ0n) is 12.1. The highest BCUT2D eigenvalue weighted by Gasteiger charge is 2.15. The number of para-hydroxylation sites is 2. The maximum atomic E-state index is 11.8. The van der Waals surface area contributed by atoms with Gasteiger partial charge in [0, 0.05) is 22.9 Å². The molecule has 1 heterocycles. The molecule has 0 spiro atoms. The Hall–Kier alpha value is -3.01. The maximum absolute atomic E-state index is 11.8. The second-order valence-corrected chi connectivity index (χ2v) is 5.32. The van der Waals surface area contributed by atoms with Gasteiger partial charge in [-0.3, -0.25) is 35.5 Å². The molecule has 0 aliphatic carbocycles. The van der Waals surface area contributed by atoms with Crippen molar-refractivity contribution in [3.8, 4) is 5.75 Å². The number of carbonyl (C=O) groups is 2. The summed E-state index contributed by atoms with van der Waals surface area (Å²) in [6.07, 6.45) is 2.84. The normalized spacial score (nSPS) is 9.88. The Morgan fingerprint density at radius 3 is 2.71 bits per heavy atom. The highest BCUT2D eigenvalue weighted by atomic mass is 79.9. The molecule has 1 aromatic heterocycles. The van der Waals surface area contributed by atoms with Gasteiger partial charge in [0.2, 0.25) is 0 Å². The van der Waals surface area contributed by atoms with Crippen LogP contribution in [0.3, 0.4) is 0 Å². The van der Waals surface area contributed by atoms with Gasteiger partial charge >= 0.3 is 5.69 Å². The van der Waals surface area contributed by atoms with Crippen LogP contribution in [0.15, 0.2) is 47.2 Å². The molecule has 0 bridgehead atoms. The fraction of sp³-hybridized carbons (Fsp3) is 0.0714. The van der Waals surface area contributed by atoms with E-state index in [4.69, 9.17) is 4.74 Å². The number of aromatic nitrogens is 1. The number of hydrogen-bond acceptors (Lipinski definition) is 6. The molecule has 2 rings (SSSR count). The van der Waals surface area contributed by atoms with Crippen LogP contribution in [0.2, 0.25) is 0 Å². The maximum Gasteiger partial charge on any atom is 0.310 e. The molecule has 10 heteroatoms. The molecule has 2 aromatic rings. The van der Waals surface area contributed by atoms with Gasteiger partial charge in [-0.15, -0.1) is 0 Å². The average Bonchev–Trinajstić information content (AvgIpc) is 2.58. The summed E-state index contributed by atoms with van der Waals surface area (Å²) in [4.78, 5) is 37.5. The van der Waals surface area contributed by atoms with E-state index in [1.807, 2.05) is 0 Å². The van der Waals surface area contributed by atoms with Crippen molar-refractivity contribution in [3.05, 3.63) is 62.9 Å². The third kappa shape index (κ3) is 4.74. The minimum atomic E-state index is -0.676. The summed E-state index contributed by atoms with van der Waals surface area (Å²) in [5.41, 5.74) is 4.31. The lowest BCUT2D eigenvalue weighted by Gasteiger charge is -2.09. The summed E-state index contributed by atoms with van der Waals surface area (Å²) in [5.74, 6) is -1.28. The lowest BCUT2D eigenvalue weighted by Crippen LogP contribution is -2.43.